The summed E-state index contributed by atoms with van der Waals surface area (Å²) in [7, 11) is 0. The summed E-state index contributed by atoms with van der Waals surface area (Å²) >= 11 is 1.41. The highest BCUT2D eigenvalue weighted by atomic mass is 32.1. The van der Waals surface area contributed by atoms with E-state index in [0.29, 0.717) is 23.3 Å². The summed E-state index contributed by atoms with van der Waals surface area (Å²) < 4.78 is 29.8. The van der Waals surface area contributed by atoms with Crippen LogP contribution in [0.15, 0.2) is 30.3 Å². The molecule has 0 unspecified atom stereocenters. The lowest BCUT2D eigenvalue weighted by molar-refractivity contribution is -0.120. The average Bonchev–Trinajstić information content (AvgIpc) is 3.24. The number of Topliss-reactive ketones (excluding diaryl/α,β-unsaturated/α-hetero) is 1. The van der Waals surface area contributed by atoms with Crippen molar-refractivity contribution in [3.05, 3.63) is 46.5 Å². The summed E-state index contributed by atoms with van der Waals surface area (Å²) in [6.07, 6.45) is 6.67. The number of fused-ring (bicyclic) bond motifs is 1. The monoisotopic (exact) mass is 476 g/mol. The second kappa shape index (κ2) is 12.0. The topological polar surface area (TPSA) is 42.4 Å². The van der Waals surface area contributed by atoms with Gasteiger partial charge in [0.25, 0.3) is 11.6 Å². The third kappa shape index (κ3) is 7.57. The Hall–Kier alpha value is -1.86. The molecule has 33 heavy (non-hydrogen) atoms. The van der Waals surface area contributed by atoms with Gasteiger partial charge >= 0.3 is 0 Å². The number of halogens is 2. The van der Waals surface area contributed by atoms with Gasteiger partial charge in [0, 0.05) is 30.8 Å². The minimum Gasteiger partial charge on any atom is -0.464 e. The molecule has 0 amide bonds. The SMILES string of the molecule is O=C(CCc1ccccc1)CC1CCC(CCN2CCc3sc(OCC(F)F)nc3C2)CC1. The summed E-state index contributed by atoms with van der Waals surface area (Å²) in [5, 5.41) is 0.374. The van der Waals surface area contributed by atoms with Crippen LogP contribution in [0.3, 0.4) is 0 Å². The zero-order chi connectivity index (χ0) is 23.0. The average molecular weight is 477 g/mol. The van der Waals surface area contributed by atoms with E-state index in [1.165, 1.54) is 53.9 Å². The molecular weight excluding hydrogens is 442 g/mol. The molecule has 1 aliphatic carbocycles. The van der Waals surface area contributed by atoms with Crippen molar-refractivity contribution in [2.24, 2.45) is 11.8 Å². The molecule has 0 N–H and O–H groups in total. The summed E-state index contributed by atoms with van der Waals surface area (Å²) in [6.45, 7) is 2.25. The fraction of sp³-hybridized carbons (Fsp3) is 0.615. The summed E-state index contributed by atoms with van der Waals surface area (Å²) in [5.74, 6) is 1.71. The Morgan fingerprint density at radius 3 is 2.67 bits per heavy atom. The second-order valence-corrected chi connectivity index (χ2v) is 10.5. The Bertz CT molecular complexity index is 882. The highest BCUT2D eigenvalue weighted by Gasteiger charge is 2.25. The van der Waals surface area contributed by atoms with Gasteiger partial charge in [0.05, 0.1) is 5.69 Å². The maximum atomic E-state index is 12.4. The van der Waals surface area contributed by atoms with E-state index in [4.69, 9.17) is 4.74 Å². The first kappa shape index (κ1) is 24.3. The quantitative estimate of drug-likeness (QED) is 0.403. The van der Waals surface area contributed by atoms with Crippen molar-refractivity contribution >= 4 is 17.1 Å². The lowest BCUT2D eigenvalue weighted by Gasteiger charge is -2.31. The number of nitrogens with zero attached hydrogens (tertiary/aromatic N) is 2. The first-order chi connectivity index (χ1) is 16.0. The minimum absolute atomic E-state index is 0.374. The van der Waals surface area contributed by atoms with Crippen LogP contribution in [-0.2, 0) is 24.2 Å². The minimum atomic E-state index is -2.47. The Kier molecular flexibility index (Phi) is 8.84. The zero-order valence-corrected chi connectivity index (χ0v) is 20.0. The molecule has 0 bridgehead atoms. The van der Waals surface area contributed by atoms with Crippen LogP contribution >= 0.6 is 11.3 Å². The number of aromatic nitrogens is 1. The van der Waals surface area contributed by atoms with Crippen LogP contribution in [0, 0.1) is 11.8 Å². The molecule has 2 aromatic rings. The molecular formula is C26H34F2N2O2S. The van der Waals surface area contributed by atoms with Gasteiger partial charge in [0.15, 0.2) is 6.61 Å². The highest BCUT2D eigenvalue weighted by Crippen LogP contribution is 2.34. The predicted molar refractivity (Wildman–Crippen MR) is 127 cm³/mol. The number of aryl methyl sites for hydroxylation is 1. The van der Waals surface area contributed by atoms with Gasteiger partial charge in [-0.3, -0.25) is 9.69 Å². The van der Waals surface area contributed by atoms with Crippen molar-refractivity contribution in [3.63, 3.8) is 0 Å². The second-order valence-electron chi connectivity index (χ2n) is 9.48. The summed E-state index contributed by atoms with van der Waals surface area (Å²) in [6, 6.07) is 10.3. The smallest absolute Gasteiger partial charge is 0.273 e. The first-order valence-electron chi connectivity index (χ1n) is 12.2. The van der Waals surface area contributed by atoms with Gasteiger partial charge in [-0.05, 0) is 56.0 Å². The van der Waals surface area contributed by atoms with Gasteiger partial charge in [-0.25, -0.2) is 13.8 Å². The normalized spacial score (nSPS) is 21.2. The Morgan fingerprint density at radius 2 is 1.91 bits per heavy atom. The van der Waals surface area contributed by atoms with Crippen LogP contribution in [0.5, 0.6) is 5.19 Å². The number of carbonyl (C=O) groups excluding carboxylic acids is 1. The van der Waals surface area contributed by atoms with Crippen molar-refractivity contribution in [1.29, 1.82) is 0 Å². The van der Waals surface area contributed by atoms with Crippen LogP contribution in [0.1, 0.15) is 61.1 Å². The van der Waals surface area contributed by atoms with E-state index in [9.17, 15) is 13.6 Å². The zero-order valence-electron chi connectivity index (χ0n) is 19.2. The first-order valence-corrected chi connectivity index (χ1v) is 13.0. The van der Waals surface area contributed by atoms with E-state index in [1.54, 1.807) is 0 Å². The van der Waals surface area contributed by atoms with Crippen molar-refractivity contribution < 1.29 is 18.3 Å². The number of benzene rings is 1. The number of thiazole rings is 1. The molecule has 7 heteroatoms. The maximum absolute atomic E-state index is 12.4. The number of alkyl halides is 2. The lowest BCUT2D eigenvalue weighted by atomic mass is 9.78. The molecule has 2 heterocycles. The van der Waals surface area contributed by atoms with Crippen molar-refractivity contribution in [2.45, 2.75) is 70.8 Å². The van der Waals surface area contributed by atoms with E-state index >= 15 is 0 Å². The maximum Gasteiger partial charge on any atom is 0.273 e. The van der Waals surface area contributed by atoms with Gasteiger partial charge in [-0.15, -0.1) is 0 Å². The standard InChI is InChI=1S/C26H34F2N2O2S/c27-25(28)18-32-26-29-23-17-30(15-13-24(23)33-26)14-12-20-6-8-21(9-7-20)16-22(31)11-10-19-4-2-1-3-5-19/h1-5,20-21,25H,6-18H2. The predicted octanol–water partition coefficient (Wildman–Crippen LogP) is 5.93. The number of hydrogen-bond donors (Lipinski definition) is 0. The van der Waals surface area contributed by atoms with Crippen molar-refractivity contribution in [2.75, 3.05) is 19.7 Å². The van der Waals surface area contributed by atoms with Gasteiger partial charge < -0.3 is 4.74 Å². The van der Waals surface area contributed by atoms with E-state index in [-0.39, 0.29) is 0 Å². The number of ketones is 1. The van der Waals surface area contributed by atoms with E-state index in [0.717, 1.165) is 50.5 Å². The summed E-state index contributed by atoms with van der Waals surface area (Å²) in [5.41, 5.74) is 2.24. The van der Waals surface area contributed by atoms with Crippen LogP contribution in [0.2, 0.25) is 0 Å². The molecule has 0 spiro atoms. The van der Waals surface area contributed by atoms with Gasteiger partial charge in [0.2, 0.25) is 0 Å². The number of carbonyl (C=O) groups is 1. The van der Waals surface area contributed by atoms with E-state index < -0.39 is 13.0 Å². The molecule has 1 fully saturated rings. The van der Waals surface area contributed by atoms with Crippen LogP contribution in [-0.4, -0.2) is 41.8 Å². The number of hydrogen-bond acceptors (Lipinski definition) is 5. The highest BCUT2D eigenvalue weighted by molar-refractivity contribution is 7.13. The molecule has 4 rings (SSSR count). The molecule has 2 aliphatic rings. The fourth-order valence-electron chi connectivity index (χ4n) is 5.06. The lowest BCUT2D eigenvalue weighted by Crippen LogP contribution is -2.32. The molecule has 1 aromatic heterocycles. The molecule has 1 saturated carbocycles. The van der Waals surface area contributed by atoms with Crippen LogP contribution < -0.4 is 4.74 Å². The van der Waals surface area contributed by atoms with Gasteiger partial charge in [0.1, 0.15) is 5.78 Å². The molecule has 180 valence electrons. The molecule has 0 radical (unpaired) electrons. The largest absolute Gasteiger partial charge is 0.464 e. The van der Waals surface area contributed by atoms with E-state index in [1.807, 2.05) is 18.2 Å². The Morgan fingerprint density at radius 1 is 1.15 bits per heavy atom. The molecule has 1 aliphatic heterocycles. The Labute approximate surface area is 199 Å². The van der Waals surface area contributed by atoms with Crippen LogP contribution in [0.25, 0.3) is 0 Å². The molecule has 1 aromatic carbocycles. The number of rotatable bonds is 11. The van der Waals surface area contributed by atoms with Gasteiger partial charge in [-0.1, -0.05) is 54.5 Å². The molecule has 4 nitrogen and oxygen atoms in total. The Balaban J connectivity index is 1.12. The number of ether oxygens (including phenoxy) is 1. The van der Waals surface area contributed by atoms with Crippen molar-refractivity contribution in [3.8, 4) is 5.19 Å². The summed E-state index contributed by atoms with van der Waals surface area (Å²) in [4.78, 5) is 20.4. The third-order valence-electron chi connectivity index (χ3n) is 6.99. The van der Waals surface area contributed by atoms with Crippen LogP contribution in [0.4, 0.5) is 8.78 Å². The van der Waals surface area contributed by atoms with Gasteiger partial charge in [-0.2, -0.15) is 0 Å². The molecule has 0 saturated heterocycles. The molecule has 0 atom stereocenters. The van der Waals surface area contributed by atoms with E-state index in [2.05, 4.69) is 22.0 Å². The fourth-order valence-corrected chi connectivity index (χ4v) is 5.97. The third-order valence-corrected chi connectivity index (χ3v) is 8.06. The van der Waals surface area contributed by atoms with Crippen molar-refractivity contribution in [1.82, 2.24) is 9.88 Å².